The molecule has 0 aliphatic rings. The lowest BCUT2D eigenvalue weighted by atomic mass is 9.79. The molecule has 0 bridgehead atoms. The van der Waals surface area contributed by atoms with Crippen molar-refractivity contribution in [1.82, 2.24) is 9.90 Å². The number of hydrogen-bond donors (Lipinski definition) is 0. The van der Waals surface area contributed by atoms with Crippen LogP contribution in [0.2, 0.25) is 5.02 Å². The molecule has 5 nitrogen and oxygen atoms in total. The zero-order chi connectivity index (χ0) is 20.1. The lowest BCUT2D eigenvalue weighted by Gasteiger charge is -2.28. The molecule has 0 N–H and O–H groups in total. The summed E-state index contributed by atoms with van der Waals surface area (Å²) in [7, 11) is 1.63. The second-order valence-corrected chi connectivity index (χ2v) is 9.31. The van der Waals surface area contributed by atoms with E-state index in [2.05, 4.69) is 52.7 Å². The van der Waals surface area contributed by atoms with Gasteiger partial charge in [0.25, 0.3) is 5.52 Å². The van der Waals surface area contributed by atoms with Crippen LogP contribution in [0.1, 0.15) is 52.7 Å². The van der Waals surface area contributed by atoms with Crippen LogP contribution in [0, 0.1) is 5.21 Å². The van der Waals surface area contributed by atoms with Crippen LogP contribution in [0.15, 0.2) is 30.3 Å². The van der Waals surface area contributed by atoms with Crippen molar-refractivity contribution < 1.29 is 9.58 Å². The fourth-order valence-corrected chi connectivity index (χ4v) is 3.27. The highest BCUT2D eigenvalue weighted by atomic mass is 35.5. The van der Waals surface area contributed by atoms with Gasteiger partial charge in [0.2, 0.25) is 5.52 Å². The maximum absolute atomic E-state index is 12.9. The molecule has 3 rings (SSSR count). The maximum Gasteiger partial charge on any atom is 0.251 e. The first kappa shape index (κ1) is 19.5. The molecule has 0 amide bonds. The number of fused-ring (bicyclic) bond motifs is 1. The Morgan fingerprint density at radius 1 is 1.04 bits per heavy atom. The molecule has 1 heterocycles. The van der Waals surface area contributed by atoms with Crippen molar-refractivity contribution >= 4 is 22.6 Å². The van der Waals surface area contributed by atoms with Gasteiger partial charge in [-0.05, 0) is 39.4 Å². The van der Waals surface area contributed by atoms with Crippen molar-refractivity contribution in [1.29, 1.82) is 0 Å². The lowest BCUT2D eigenvalue weighted by Crippen LogP contribution is -2.37. The molecule has 0 aliphatic heterocycles. The predicted octanol–water partition coefficient (Wildman–Crippen LogP) is 4.92. The van der Waals surface area contributed by atoms with E-state index in [1.807, 2.05) is 6.07 Å². The lowest BCUT2D eigenvalue weighted by molar-refractivity contribution is -0.664. The fourth-order valence-electron chi connectivity index (χ4n) is 3.10. The first-order valence-electron chi connectivity index (χ1n) is 8.95. The van der Waals surface area contributed by atoms with Gasteiger partial charge in [-0.1, -0.05) is 59.2 Å². The Labute approximate surface area is 165 Å². The quantitative estimate of drug-likeness (QED) is 0.463. The first-order chi connectivity index (χ1) is 12.4. The van der Waals surface area contributed by atoms with E-state index in [1.165, 1.54) is 4.80 Å². The van der Waals surface area contributed by atoms with Gasteiger partial charge in [-0.15, -0.1) is 4.85 Å². The standard InChI is InChI=1S/C21H26ClN3O2/c1-20(2,3)13-10-15(21(4,5)6)19(27-7)18(11-13)24-23-16-12-14(22)8-9-17(16)25(24)26/h8-12H,1-7H3. The Balaban J connectivity index is 2.40. The third kappa shape index (κ3) is 3.48. The molecule has 0 saturated heterocycles. The Bertz CT molecular complexity index is 1010. The van der Waals surface area contributed by atoms with E-state index in [-0.39, 0.29) is 10.8 Å². The molecule has 0 saturated carbocycles. The second-order valence-electron chi connectivity index (χ2n) is 8.87. The van der Waals surface area contributed by atoms with Gasteiger partial charge in [0, 0.05) is 16.7 Å². The van der Waals surface area contributed by atoms with Crippen LogP contribution in [0.25, 0.3) is 16.7 Å². The highest BCUT2D eigenvalue weighted by Gasteiger charge is 2.29. The molecule has 0 atom stereocenters. The summed E-state index contributed by atoms with van der Waals surface area (Å²) in [5.41, 5.74) is 3.51. The Kier molecular flexibility index (Phi) is 4.63. The minimum absolute atomic E-state index is 0.0926. The smallest absolute Gasteiger partial charge is 0.251 e. The molecular formula is C21H26ClN3O2. The van der Waals surface area contributed by atoms with Crippen LogP contribution in [0.4, 0.5) is 0 Å². The van der Waals surface area contributed by atoms with Crippen LogP contribution in [0.3, 0.4) is 0 Å². The summed E-state index contributed by atoms with van der Waals surface area (Å²) in [4.78, 5) is 2.13. The SMILES string of the molecule is COc1c(-n2nc3cc(Cl)ccc3[n+]2[O-])cc(C(C)(C)C)cc1C(C)(C)C. The monoisotopic (exact) mass is 387 g/mol. The molecule has 0 fully saturated rings. The summed E-state index contributed by atoms with van der Waals surface area (Å²) in [6, 6.07) is 9.20. The first-order valence-corrected chi connectivity index (χ1v) is 9.33. The number of rotatable bonds is 2. The number of nitrogens with zero attached hydrogens (tertiary/aromatic N) is 3. The highest BCUT2D eigenvalue weighted by molar-refractivity contribution is 6.31. The normalized spacial score (nSPS) is 12.6. The molecule has 0 unspecified atom stereocenters. The number of aromatic nitrogens is 3. The third-order valence-corrected chi connectivity index (χ3v) is 4.92. The fraction of sp³-hybridized carbons (Fsp3) is 0.429. The van der Waals surface area contributed by atoms with E-state index in [0.717, 1.165) is 16.0 Å². The Hall–Kier alpha value is -2.27. The summed E-state index contributed by atoms with van der Waals surface area (Å²) in [5, 5.41) is 18.0. The van der Waals surface area contributed by atoms with Crippen LogP contribution in [-0.4, -0.2) is 17.0 Å². The largest absolute Gasteiger partial charge is 0.692 e. The predicted molar refractivity (Wildman–Crippen MR) is 109 cm³/mol. The molecule has 2 aromatic carbocycles. The van der Waals surface area contributed by atoms with Gasteiger partial charge in [-0.2, -0.15) is 0 Å². The molecule has 144 valence electrons. The molecule has 3 aromatic rings. The van der Waals surface area contributed by atoms with Crippen molar-refractivity contribution in [3.63, 3.8) is 0 Å². The van der Waals surface area contributed by atoms with Crippen LogP contribution < -0.4 is 9.58 Å². The number of halogens is 1. The minimum atomic E-state index is -0.162. The molecule has 1 aromatic heterocycles. The van der Waals surface area contributed by atoms with Gasteiger partial charge >= 0.3 is 0 Å². The second kappa shape index (κ2) is 6.41. The summed E-state index contributed by atoms with van der Waals surface area (Å²) in [5.74, 6) is 0.652. The molecule has 6 heteroatoms. The van der Waals surface area contributed by atoms with E-state index in [0.29, 0.717) is 27.5 Å². The molecule has 0 spiro atoms. The Morgan fingerprint density at radius 3 is 2.26 bits per heavy atom. The van der Waals surface area contributed by atoms with Crippen molar-refractivity contribution in [3.05, 3.63) is 51.7 Å². The number of hydrogen-bond acceptors (Lipinski definition) is 3. The van der Waals surface area contributed by atoms with E-state index < -0.39 is 0 Å². The van der Waals surface area contributed by atoms with Crippen molar-refractivity contribution in [3.8, 4) is 11.4 Å². The zero-order valence-corrected chi connectivity index (χ0v) is 17.7. The molecule has 27 heavy (non-hydrogen) atoms. The summed E-state index contributed by atoms with van der Waals surface area (Å²) < 4.78 is 5.76. The third-order valence-electron chi connectivity index (χ3n) is 4.68. The van der Waals surface area contributed by atoms with Gasteiger partial charge in [0.15, 0.2) is 11.4 Å². The number of methoxy groups -OCH3 is 1. The van der Waals surface area contributed by atoms with Gasteiger partial charge < -0.3 is 9.94 Å². The van der Waals surface area contributed by atoms with E-state index in [4.69, 9.17) is 16.3 Å². The highest BCUT2D eigenvalue weighted by Crippen LogP contribution is 2.39. The average Bonchev–Trinajstić information content (AvgIpc) is 2.87. The number of ether oxygens (including phenoxy) is 1. The maximum atomic E-state index is 12.9. The van der Waals surface area contributed by atoms with Crippen LogP contribution in [-0.2, 0) is 10.8 Å². The topological polar surface area (TPSA) is 54.0 Å². The van der Waals surface area contributed by atoms with Crippen molar-refractivity contribution in [2.24, 2.45) is 0 Å². The van der Waals surface area contributed by atoms with Crippen LogP contribution >= 0.6 is 11.6 Å². The number of benzene rings is 2. The van der Waals surface area contributed by atoms with E-state index >= 15 is 0 Å². The van der Waals surface area contributed by atoms with Crippen molar-refractivity contribution in [2.75, 3.05) is 7.11 Å². The average molecular weight is 388 g/mol. The van der Waals surface area contributed by atoms with Gasteiger partial charge in [0.05, 0.1) is 12.2 Å². The molecular weight excluding hydrogens is 362 g/mol. The summed E-state index contributed by atoms with van der Waals surface area (Å²) in [6.07, 6.45) is 0. The Morgan fingerprint density at radius 2 is 1.70 bits per heavy atom. The van der Waals surface area contributed by atoms with Crippen molar-refractivity contribution in [2.45, 2.75) is 52.4 Å². The van der Waals surface area contributed by atoms with E-state index in [1.54, 1.807) is 25.3 Å². The molecule has 0 radical (unpaired) electrons. The van der Waals surface area contributed by atoms with Crippen LogP contribution in [0.5, 0.6) is 5.75 Å². The van der Waals surface area contributed by atoms with Gasteiger partial charge in [-0.25, -0.2) is 0 Å². The zero-order valence-electron chi connectivity index (χ0n) is 16.9. The summed E-state index contributed by atoms with van der Waals surface area (Å²) >= 11 is 6.07. The van der Waals surface area contributed by atoms with Gasteiger partial charge in [-0.3, -0.25) is 0 Å². The minimum Gasteiger partial charge on any atom is -0.692 e. The molecule has 0 aliphatic carbocycles. The summed E-state index contributed by atoms with van der Waals surface area (Å²) in [6.45, 7) is 12.8. The van der Waals surface area contributed by atoms with E-state index in [9.17, 15) is 5.21 Å². The van der Waals surface area contributed by atoms with Gasteiger partial charge in [0.1, 0.15) is 0 Å².